The van der Waals surface area contributed by atoms with Gasteiger partial charge in [0.2, 0.25) is 5.91 Å². The molecule has 7 rings (SSSR count). The quantitative estimate of drug-likeness (QED) is 0.0771. The fourth-order valence-electron chi connectivity index (χ4n) is 9.31. The molecule has 1 amide bonds. The Hall–Kier alpha value is -4.41. The highest BCUT2D eigenvalue weighted by Gasteiger charge is 2.73. The van der Waals surface area contributed by atoms with Crippen molar-refractivity contribution in [3.63, 3.8) is 0 Å². The van der Waals surface area contributed by atoms with Gasteiger partial charge in [-0.05, 0) is 92.5 Å². The molecule has 3 aromatic carbocycles. The first-order chi connectivity index (χ1) is 24.5. The molecule has 2 aliphatic heterocycles. The van der Waals surface area contributed by atoms with Crippen molar-refractivity contribution < 1.29 is 37.3 Å². The smallest absolute Gasteiger partial charge is 0.416 e. The van der Waals surface area contributed by atoms with Crippen LogP contribution in [0.3, 0.4) is 0 Å². The molecular weight excluding hydrogens is 657 g/mol. The Kier molecular flexibility index (Phi) is 9.35. The van der Waals surface area contributed by atoms with E-state index in [0.29, 0.717) is 63.2 Å². The number of carbonyl (C=O) groups is 2. The van der Waals surface area contributed by atoms with Crippen molar-refractivity contribution in [1.82, 2.24) is 9.80 Å². The summed E-state index contributed by atoms with van der Waals surface area (Å²) in [6.45, 7) is 6.99. The predicted octanol–water partition coefficient (Wildman–Crippen LogP) is 6.90. The van der Waals surface area contributed by atoms with Crippen molar-refractivity contribution >= 4 is 18.0 Å². The molecule has 3 aromatic rings. The standard InChI is InChI=1S/C41H43F3N2O5/c1-3-22-45-24-21-39-36-30-16-17-33(50-27(2)47)37(36)51-38(39)32(19-20-40(39,49)34(45)26-30)46(23-8-7-12-28-10-5-4-6-11-28)35(48)18-15-29-13-9-14-31(25-29)41(42,43)44/h3-6,9-11,13-18,25,32,34,38,49H,1,7-8,12,19-24,26H2,2H3/t32-,34+,38-,39-,40+/m0/s1. The van der Waals surface area contributed by atoms with Gasteiger partial charge in [-0.3, -0.25) is 14.5 Å². The molecule has 0 radical (unpaired) electrons. The minimum absolute atomic E-state index is 0.204. The number of amides is 1. The van der Waals surface area contributed by atoms with Crippen molar-refractivity contribution in [3.8, 4) is 11.5 Å². The third-order valence-electron chi connectivity index (χ3n) is 11.4. The lowest BCUT2D eigenvalue weighted by molar-refractivity contribution is -0.199. The topological polar surface area (TPSA) is 79.3 Å². The van der Waals surface area contributed by atoms with Crippen LogP contribution in [0.1, 0.15) is 66.8 Å². The minimum Gasteiger partial charge on any atom is -0.483 e. The molecule has 1 saturated carbocycles. The first kappa shape index (κ1) is 35.0. The molecule has 2 bridgehead atoms. The van der Waals surface area contributed by atoms with E-state index in [4.69, 9.17) is 9.47 Å². The number of hydrogen-bond acceptors (Lipinski definition) is 6. The zero-order valence-corrected chi connectivity index (χ0v) is 28.7. The van der Waals surface area contributed by atoms with E-state index in [0.717, 1.165) is 36.1 Å². The molecule has 2 heterocycles. The Labute approximate surface area is 296 Å². The number of piperidine rings is 1. The van der Waals surface area contributed by atoms with Crippen molar-refractivity contribution in [2.75, 3.05) is 19.6 Å². The zero-order chi connectivity index (χ0) is 36.0. The Morgan fingerprint density at radius 1 is 1.10 bits per heavy atom. The number of halogens is 3. The predicted molar refractivity (Wildman–Crippen MR) is 187 cm³/mol. The van der Waals surface area contributed by atoms with Gasteiger partial charge in [0.1, 0.15) is 6.10 Å². The summed E-state index contributed by atoms with van der Waals surface area (Å²) in [5, 5.41) is 12.9. The van der Waals surface area contributed by atoms with Gasteiger partial charge in [0.05, 0.1) is 22.6 Å². The van der Waals surface area contributed by atoms with Crippen LogP contribution in [0, 0.1) is 0 Å². The molecule has 1 saturated heterocycles. The van der Waals surface area contributed by atoms with Crippen LogP contribution in [0.2, 0.25) is 0 Å². The molecule has 0 unspecified atom stereocenters. The molecule has 4 aliphatic rings. The molecule has 268 valence electrons. The van der Waals surface area contributed by atoms with Crippen molar-refractivity contribution in [2.45, 2.75) is 87.2 Å². The number of esters is 1. The Morgan fingerprint density at radius 3 is 2.65 bits per heavy atom. The van der Waals surface area contributed by atoms with Crippen molar-refractivity contribution in [3.05, 3.63) is 113 Å². The van der Waals surface area contributed by atoms with Gasteiger partial charge in [-0.25, -0.2) is 0 Å². The Balaban J connectivity index is 1.26. The number of hydrogen-bond donors (Lipinski definition) is 1. The molecule has 2 aliphatic carbocycles. The maximum atomic E-state index is 14.3. The average Bonchev–Trinajstić information content (AvgIpc) is 3.46. The van der Waals surface area contributed by atoms with Crippen molar-refractivity contribution in [2.24, 2.45) is 0 Å². The summed E-state index contributed by atoms with van der Waals surface area (Å²) >= 11 is 0. The summed E-state index contributed by atoms with van der Waals surface area (Å²) in [7, 11) is 0. The van der Waals surface area contributed by atoms with E-state index in [1.54, 1.807) is 11.0 Å². The van der Waals surface area contributed by atoms with Crippen LogP contribution in [0.4, 0.5) is 13.2 Å². The van der Waals surface area contributed by atoms with Crippen LogP contribution in [0.5, 0.6) is 11.5 Å². The number of ether oxygens (including phenoxy) is 2. The van der Waals surface area contributed by atoms with E-state index in [1.165, 1.54) is 36.8 Å². The van der Waals surface area contributed by atoms with Crippen LogP contribution in [-0.4, -0.2) is 70.2 Å². The van der Waals surface area contributed by atoms with E-state index in [9.17, 15) is 27.9 Å². The van der Waals surface area contributed by atoms with Crippen LogP contribution in [-0.2, 0) is 34.0 Å². The fraction of sp³-hybridized carbons (Fsp3) is 0.415. The largest absolute Gasteiger partial charge is 0.483 e. The first-order valence-corrected chi connectivity index (χ1v) is 17.7. The molecule has 1 N–H and O–H groups in total. The summed E-state index contributed by atoms with van der Waals surface area (Å²) in [5.41, 5.74) is 0.515. The highest BCUT2D eigenvalue weighted by Crippen LogP contribution is 2.66. The normalized spacial score (nSPS) is 26.3. The van der Waals surface area contributed by atoms with E-state index < -0.39 is 40.9 Å². The van der Waals surface area contributed by atoms with Gasteiger partial charge in [0.15, 0.2) is 11.5 Å². The van der Waals surface area contributed by atoms with Gasteiger partial charge < -0.3 is 19.5 Å². The van der Waals surface area contributed by atoms with Crippen LogP contribution < -0.4 is 9.47 Å². The summed E-state index contributed by atoms with van der Waals surface area (Å²) in [6.07, 6.45) is 3.84. The molecule has 1 spiro atoms. The van der Waals surface area contributed by atoms with Crippen LogP contribution in [0.25, 0.3) is 6.08 Å². The number of benzene rings is 3. The van der Waals surface area contributed by atoms with Gasteiger partial charge in [-0.1, -0.05) is 54.6 Å². The van der Waals surface area contributed by atoms with Crippen LogP contribution in [0.15, 0.2) is 85.5 Å². The van der Waals surface area contributed by atoms with E-state index >= 15 is 0 Å². The summed E-state index contributed by atoms with van der Waals surface area (Å²) in [4.78, 5) is 30.6. The molecule has 2 fully saturated rings. The number of likely N-dealkylation sites (tertiary alicyclic amines) is 1. The fourth-order valence-corrected chi connectivity index (χ4v) is 9.31. The molecule has 0 aromatic heterocycles. The number of aryl methyl sites for hydroxylation is 1. The monoisotopic (exact) mass is 700 g/mol. The number of rotatable bonds is 11. The van der Waals surface area contributed by atoms with Crippen LogP contribution >= 0.6 is 0 Å². The second-order valence-electron chi connectivity index (χ2n) is 14.2. The van der Waals surface area contributed by atoms with E-state index in [1.807, 2.05) is 30.3 Å². The number of carbonyl (C=O) groups excluding carboxylic acids is 2. The zero-order valence-electron chi connectivity index (χ0n) is 28.7. The lowest BCUT2D eigenvalue weighted by atomic mass is 9.48. The summed E-state index contributed by atoms with van der Waals surface area (Å²) < 4.78 is 52.9. The molecule has 7 nitrogen and oxygen atoms in total. The van der Waals surface area contributed by atoms with Gasteiger partial charge >= 0.3 is 12.1 Å². The number of aliphatic hydroxyl groups is 1. The molecule has 51 heavy (non-hydrogen) atoms. The van der Waals surface area contributed by atoms with E-state index in [2.05, 4.69) is 23.6 Å². The second-order valence-corrected chi connectivity index (χ2v) is 14.2. The molecule has 5 atom stereocenters. The van der Waals surface area contributed by atoms with E-state index in [-0.39, 0.29) is 17.5 Å². The minimum atomic E-state index is -4.51. The number of alkyl halides is 3. The SMILES string of the molecule is C=CCN1CC[C@]23c4c5ccc(OC(C)=O)c4O[C@H]2[C@@H](N(CCCCc2ccccc2)C(=O)C=Cc2cccc(C(F)(F)F)c2)CC[C@@]3(O)[C@H]1C5. The highest BCUT2D eigenvalue weighted by molar-refractivity contribution is 5.92. The number of nitrogens with zero attached hydrogens (tertiary/aromatic N) is 2. The lowest BCUT2D eigenvalue weighted by Crippen LogP contribution is -2.78. The molecular formula is C41H43F3N2O5. The summed E-state index contributed by atoms with van der Waals surface area (Å²) in [6, 6.07) is 18.1. The third kappa shape index (κ3) is 6.16. The second kappa shape index (κ2) is 13.6. The van der Waals surface area contributed by atoms with Gasteiger partial charge in [-0.2, -0.15) is 13.2 Å². The Morgan fingerprint density at radius 2 is 1.90 bits per heavy atom. The van der Waals surface area contributed by atoms with Gasteiger partial charge in [-0.15, -0.1) is 6.58 Å². The first-order valence-electron chi connectivity index (χ1n) is 17.7. The Bertz CT molecular complexity index is 1840. The molecule has 10 heteroatoms. The number of unbranched alkanes of at least 4 members (excludes halogenated alkanes) is 1. The highest BCUT2D eigenvalue weighted by atomic mass is 19.4. The maximum Gasteiger partial charge on any atom is 0.416 e. The third-order valence-corrected chi connectivity index (χ3v) is 11.4. The average molecular weight is 701 g/mol. The summed E-state index contributed by atoms with van der Waals surface area (Å²) in [5.74, 6) is -0.0817. The van der Waals surface area contributed by atoms with Crippen molar-refractivity contribution in [1.29, 1.82) is 0 Å². The van der Waals surface area contributed by atoms with Gasteiger partial charge in [0, 0.05) is 37.7 Å². The van der Waals surface area contributed by atoms with Gasteiger partial charge in [0.25, 0.3) is 0 Å². The maximum absolute atomic E-state index is 14.3. The lowest BCUT2D eigenvalue weighted by Gasteiger charge is -2.64.